The molecular formula is C30H36N4O3. The Morgan fingerprint density at radius 3 is 2.32 bits per heavy atom. The highest BCUT2D eigenvalue weighted by molar-refractivity contribution is 5.99. The van der Waals surface area contributed by atoms with Gasteiger partial charge in [0.1, 0.15) is 11.3 Å². The van der Waals surface area contributed by atoms with E-state index in [0.717, 1.165) is 53.8 Å². The number of amides is 2. The number of methoxy groups -OCH3 is 1. The molecule has 0 spiro atoms. The summed E-state index contributed by atoms with van der Waals surface area (Å²) in [6, 6.07) is 17.4. The highest BCUT2D eigenvalue weighted by atomic mass is 16.5. The molecular weight excluding hydrogens is 464 g/mol. The minimum atomic E-state index is -0.874. The van der Waals surface area contributed by atoms with Gasteiger partial charge < -0.3 is 20.7 Å². The molecule has 7 nitrogen and oxygen atoms in total. The van der Waals surface area contributed by atoms with E-state index in [4.69, 9.17) is 4.74 Å². The third-order valence-electron chi connectivity index (χ3n) is 6.88. The van der Waals surface area contributed by atoms with Crippen LogP contribution in [-0.2, 0) is 11.2 Å². The standard InChI is InChI=1S/C30H36N4O3/c1-22-18-24(21-31-20-22)19-23-6-8-25(9-7-23)28(35)34-30(14-4-3-5-15-30)29(36)33-17-16-32-26-10-12-27(37-2)13-11-26/h6-13,18,20-21,32H,3-5,14-17,19H2,1-2H3,(H,33,36)(H,34,35). The van der Waals surface area contributed by atoms with E-state index in [9.17, 15) is 9.59 Å². The van der Waals surface area contributed by atoms with Crippen molar-refractivity contribution >= 4 is 17.5 Å². The molecule has 0 atom stereocenters. The molecule has 0 radical (unpaired) electrons. The number of hydrogen-bond donors (Lipinski definition) is 3. The quantitative estimate of drug-likeness (QED) is 0.353. The van der Waals surface area contributed by atoms with Crippen LogP contribution in [0, 0.1) is 6.92 Å². The lowest BCUT2D eigenvalue weighted by Gasteiger charge is -2.36. The number of aryl methyl sites for hydroxylation is 1. The molecule has 3 N–H and O–H groups in total. The Bertz CT molecular complexity index is 1190. The number of aromatic nitrogens is 1. The van der Waals surface area contributed by atoms with Gasteiger partial charge in [0.25, 0.3) is 5.91 Å². The molecule has 1 aliphatic rings. The second kappa shape index (κ2) is 12.4. The normalized spacial score (nSPS) is 14.4. The molecule has 1 aromatic heterocycles. The molecule has 37 heavy (non-hydrogen) atoms. The third-order valence-corrected chi connectivity index (χ3v) is 6.88. The lowest BCUT2D eigenvalue weighted by atomic mass is 9.80. The number of nitrogens with one attached hydrogen (secondary N) is 3. The fourth-order valence-electron chi connectivity index (χ4n) is 4.84. The van der Waals surface area contributed by atoms with Crippen LogP contribution in [0.1, 0.15) is 59.2 Å². The van der Waals surface area contributed by atoms with Gasteiger partial charge in [-0.15, -0.1) is 0 Å². The highest BCUT2D eigenvalue weighted by Crippen LogP contribution is 2.29. The van der Waals surface area contributed by atoms with Crippen molar-refractivity contribution < 1.29 is 14.3 Å². The number of benzene rings is 2. The first kappa shape index (κ1) is 26.2. The van der Waals surface area contributed by atoms with Crippen LogP contribution in [0.25, 0.3) is 0 Å². The zero-order valence-corrected chi connectivity index (χ0v) is 21.7. The summed E-state index contributed by atoms with van der Waals surface area (Å²) in [4.78, 5) is 30.7. The van der Waals surface area contributed by atoms with Gasteiger partial charge in [0, 0.05) is 36.7 Å². The molecule has 1 fully saturated rings. The van der Waals surface area contributed by atoms with Crippen molar-refractivity contribution in [2.75, 3.05) is 25.5 Å². The van der Waals surface area contributed by atoms with Crippen molar-refractivity contribution in [3.63, 3.8) is 0 Å². The van der Waals surface area contributed by atoms with Gasteiger partial charge in [0.15, 0.2) is 0 Å². The summed E-state index contributed by atoms with van der Waals surface area (Å²) >= 11 is 0. The Kier molecular flexibility index (Phi) is 8.77. The van der Waals surface area contributed by atoms with Crippen molar-refractivity contribution in [1.82, 2.24) is 15.6 Å². The number of carbonyl (C=O) groups is 2. The number of carbonyl (C=O) groups excluding carboxylic acids is 2. The molecule has 1 saturated carbocycles. The molecule has 4 rings (SSSR count). The predicted octanol–water partition coefficient (Wildman–Crippen LogP) is 4.65. The first-order chi connectivity index (χ1) is 18.0. The van der Waals surface area contributed by atoms with Gasteiger partial charge in [0.05, 0.1) is 7.11 Å². The van der Waals surface area contributed by atoms with Crippen LogP contribution < -0.4 is 20.7 Å². The van der Waals surface area contributed by atoms with Crippen molar-refractivity contribution in [2.24, 2.45) is 0 Å². The lowest BCUT2D eigenvalue weighted by Crippen LogP contribution is -2.60. The van der Waals surface area contributed by atoms with E-state index < -0.39 is 5.54 Å². The maximum atomic E-state index is 13.3. The first-order valence-corrected chi connectivity index (χ1v) is 13.0. The van der Waals surface area contributed by atoms with Crippen LogP contribution in [0.4, 0.5) is 5.69 Å². The van der Waals surface area contributed by atoms with Gasteiger partial charge >= 0.3 is 0 Å². The van der Waals surface area contributed by atoms with Crippen molar-refractivity contribution in [2.45, 2.75) is 51.0 Å². The molecule has 0 unspecified atom stereocenters. The van der Waals surface area contributed by atoms with E-state index in [-0.39, 0.29) is 11.8 Å². The summed E-state index contributed by atoms with van der Waals surface area (Å²) in [5.74, 6) is 0.477. The van der Waals surface area contributed by atoms with Gasteiger partial charge in [-0.2, -0.15) is 0 Å². The Hall–Kier alpha value is -3.87. The van der Waals surface area contributed by atoms with Crippen LogP contribution in [0.15, 0.2) is 67.0 Å². The van der Waals surface area contributed by atoms with Gasteiger partial charge in [-0.25, -0.2) is 0 Å². The minimum absolute atomic E-state index is 0.111. The van der Waals surface area contributed by atoms with Crippen LogP contribution in [0.3, 0.4) is 0 Å². The summed E-state index contributed by atoms with van der Waals surface area (Å²) in [6.45, 7) is 3.07. The average Bonchev–Trinajstić information content (AvgIpc) is 2.92. The Labute approximate surface area is 219 Å². The van der Waals surface area contributed by atoms with Crippen LogP contribution >= 0.6 is 0 Å². The van der Waals surface area contributed by atoms with Gasteiger partial charge in [-0.3, -0.25) is 14.6 Å². The molecule has 3 aromatic rings. The summed E-state index contributed by atoms with van der Waals surface area (Å²) in [7, 11) is 1.64. The van der Waals surface area contributed by atoms with E-state index in [2.05, 4.69) is 27.0 Å². The van der Waals surface area contributed by atoms with Crippen LogP contribution in [-0.4, -0.2) is 42.5 Å². The summed E-state index contributed by atoms with van der Waals surface area (Å²) < 4.78 is 5.18. The van der Waals surface area contributed by atoms with E-state index >= 15 is 0 Å². The fourth-order valence-corrected chi connectivity index (χ4v) is 4.84. The first-order valence-electron chi connectivity index (χ1n) is 13.0. The molecule has 0 aliphatic heterocycles. The average molecular weight is 501 g/mol. The lowest BCUT2D eigenvalue weighted by molar-refractivity contribution is -0.128. The highest BCUT2D eigenvalue weighted by Gasteiger charge is 2.40. The van der Waals surface area contributed by atoms with E-state index in [1.807, 2.05) is 67.8 Å². The molecule has 194 valence electrons. The Morgan fingerprint density at radius 1 is 0.919 bits per heavy atom. The third kappa shape index (κ3) is 7.09. The molecule has 0 bridgehead atoms. The largest absolute Gasteiger partial charge is 0.497 e. The summed E-state index contributed by atoms with van der Waals surface area (Å²) in [5.41, 5.74) is 4.01. The number of rotatable bonds is 10. The fraction of sp³-hybridized carbons (Fsp3) is 0.367. The predicted molar refractivity (Wildman–Crippen MR) is 146 cm³/mol. The molecule has 1 heterocycles. The van der Waals surface area contributed by atoms with Crippen molar-refractivity contribution in [3.8, 4) is 5.75 Å². The number of hydrogen-bond acceptors (Lipinski definition) is 5. The van der Waals surface area contributed by atoms with Crippen molar-refractivity contribution in [1.29, 1.82) is 0 Å². The van der Waals surface area contributed by atoms with E-state index in [1.165, 1.54) is 0 Å². The summed E-state index contributed by atoms with van der Waals surface area (Å²) in [6.07, 6.45) is 8.67. The molecule has 7 heteroatoms. The number of ether oxygens (including phenoxy) is 1. The SMILES string of the molecule is COc1ccc(NCCNC(=O)C2(NC(=O)c3ccc(Cc4cncc(C)c4)cc3)CCCCC2)cc1. The maximum absolute atomic E-state index is 13.3. The van der Waals surface area contributed by atoms with E-state index in [0.29, 0.717) is 31.5 Å². The monoisotopic (exact) mass is 500 g/mol. The smallest absolute Gasteiger partial charge is 0.252 e. The van der Waals surface area contributed by atoms with Crippen LogP contribution in [0.2, 0.25) is 0 Å². The summed E-state index contributed by atoms with van der Waals surface area (Å²) in [5, 5.41) is 9.44. The Morgan fingerprint density at radius 2 is 1.65 bits per heavy atom. The molecule has 1 aliphatic carbocycles. The number of anilines is 1. The maximum Gasteiger partial charge on any atom is 0.252 e. The number of nitrogens with zero attached hydrogens (tertiary/aromatic N) is 1. The van der Waals surface area contributed by atoms with Gasteiger partial charge in [-0.1, -0.05) is 37.5 Å². The van der Waals surface area contributed by atoms with E-state index in [1.54, 1.807) is 7.11 Å². The van der Waals surface area contributed by atoms with Gasteiger partial charge in [-0.05, 0) is 79.3 Å². The minimum Gasteiger partial charge on any atom is -0.497 e. The second-order valence-corrected chi connectivity index (χ2v) is 9.75. The number of pyridine rings is 1. The van der Waals surface area contributed by atoms with Crippen molar-refractivity contribution in [3.05, 3.63) is 89.2 Å². The zero-order chi connectivity index (χ0) is 26.1. The molecule has 0 saturated heterocycles. The molecule has 2 amide bonds. The van der Waals surface area contributed by atoms with Crippen LogP contribution in [0.5, 0.6) is 5.75 Å². The second-order valence-electron chi connectivity index (χ2n) is 9.75. The topological polar surface area (TPSA) is 92.4 Å². The molecule has 2 aromatic carbocycles. The van der Waals surface area contributed by atoms with Gasteiger partial charge in [0.2, 0.25) is 5.91 Å². The zero-order valence-electron chi connectivity index (χ0n) is 21.7. The Balaban J connectivity index is 1.33.